The van der Waals surface area contributed by atoms with Gasteiger partial charge in [-0.25, -0.2) is 4.39 Å². The molecule has 156 valence electrons. The topological polar surface area (TPSA) is 49.6 Å². The van der Waals surface area contributed by atoms with E-state index in [4.69, 9.17) is 5.73 Å². The molecule has 2 N–H and O–H groups in total. The molecule has 0 spiro atoms. The van der Waals surface area contributed by atoms with E-state index in [9.17, 15) is 22.4 Å². The Kier molecular flexibility index (Phi) is 6.47. The summed E-state index contributed by atoms with van der Waals surface area (Å²) in [5, 5.41) is 0. The second kappa shape index (κ2) is 8.68. The quantitative estimate of drug-likeness (QED) is 0.767. The van der Waals surface area contributed by atoms with Crippen LogP contribution in [0.4, 0.5) is 23.2 Å². The van der Waals surface area contributed by atoms with Crippen molar-refractivity contribution in [3.8, 4) is 0 Å². The van der Waals surface area contributed by atoms with Crippen molar-refractivity contribution in [1.29, 1.82) is 0 Å². The van der Waals surface area contributed by atoms with Gasteiger partial charge in [0.2, 0.25) is 5.91 Å². The highest BCUT2D eigenvalue weighted by molar-refractivity contribution is 5.76. The SMILES string of the molecule is NC(=O)C1CCC(CCN2CCN(c3cc(C(F)(F)F)ccc3F)CC2)CC1. The van der Waals surface area contributed by atoms with Crippen LogP contribution in [0.1, 0.15) is 37.7 Å². The van der Waals surface area contributed by atoms with E-state index in [1.807, 2.05) is 0 Å². The molecule has 0 atom stereocenters. The number of rotatable bonds is 5. The first-order chi connectivity index (χ1) is 13.2. The van der Waals surface area contributed by atoms with Crippen LogP contribution in [-0.4, -0.2) is 43.5 Å². The normalized spacial score (nSPS) is 24.4. The molecule has 2 fully saturated rings. The summed E-state index contributed by atoms with van der Waals surface area (Å²) in [4.78, 5) is 15.2. The molecular formula is C20H27F4N3O. The van der Waals surface area contributed by atoms with Gasteiger partial charge in [-0.05, 0) is 62.8 Å². The van der Waals surface area contributed by atoms with Gasteiger partial charge in [-0.2, -0.15) is 13.2 Å². The van der Waals surface area contributed by atoms with Gasteiger partial charge in [0.05, 0.1) is 11.3 Å². The zero-order valence-corrected chi connectivity index (χ0v) is 15.8. The largest absolute Gasteiger partial charge is 0.416 e. The van der Waals surface area contributed by atoms with E-state index in [-0.39, 0.29) is 17.5 Å². The molecule has 0 bridgehead atoms. The van der Waals surface area contributed by atoms with Crippen molar-refractivity contribution in [2.75, 3.05) is 37.6 Å². The molecule has 1 saturated carbocycles. The standard InChI is InChI=1S/C20H27F4N3O/c21-17-6-5-16(20(22,23)24)13-18(17)27-11-9-26(10-12-27)8-7-14-1-3-15(4-2-14)19(25)28/h5-6,13-15H,1-4,7-12H2,(H2,25,28). The van der Waals surface area contributed by atoms with E-state index in [1.54, 1.807) is 4.90 Å². The number of nitrogens with two attached hydrogens (primary N) is 1. The first kappa shape index (κ1) is 20.9. The minimum absolute atomic E-state index is 0.0159. The number of amides is 1. The number of nitrogens with zero attached hydrogens (tertiary/aromatic N) is 2. The fourth-order valence-corrected chi connectivity index (χ4v) is 4.24. The van der Waals surface area contributed by atoms with Crippen LogP contribution in [0.25, 0.3) is 0 Å². The van der Waals surface area contributed by atoms with Gasteiger partial charge < -0.3 is 10.6 Å². The molecule has 8 heteroatoms. The summed E-state index contributed by atoms with van der Waals surface area (Å²) in [5.41, 5.74) is 4.57. The molecule has 0 aromatic heterocycles. The highest BCUT2D eigenvalue weighted by Gasteiger charge is 2.32. The molecular weight excluding hydrogens is 374 g/mol. The zero-order valence-electron chi connectivity index (χ0n) is 15.8. The molecule has 1 heterocycles. The molecule has 3 rings (SSSR count). The number of benzene rings is 1. The molecule has 0 unspecified atom stereocenters. The molecule has 1 aromatic carbocycles. The van der Waals surface area contributed by atoms with E-state index in [0.717, 1.165) is 56.8 Å². The first-order valence-electron chi connectivity index (χ1n) is 9.87. The predicted molar refractivity (Wildman–Crippen MR) is 99.3 cm³/mol. The van der Waals surface area contributed by atoms with E-state index < -0.39 is 17.6 Å². The molecule has 2 aliphatic rings. The van der Waals surface area contributed by atoms with E-state index in [0.29, 0.717) is 32.1 Å². The number of alkyl halides is 3. The number of anilines is 1. The van der Waals surface area contributed by atoms with Crippen LogP contribution in [0.5, 0.6) is 0 Å². The molecule has 4 nitrogen and oxygen atoms in total. The molecule has 1 aliphatic heterocycles. The minimum Gasteiger partial charge on any atom is -0.369 e. The maximum absolute atomic E-state index is 14.1. The van der Waals surface area contributed by atoms with Crippen LogP contribution in [0.2, 0.25) is 0 Å². The Morgan fingerprint density at radius 3 is 2.29 bits per heavy atom. The van der Waals surface area contributed by atoms with Crippen LogP contribution < -0.4 is 10.6 Å². The van der Waals surface area contributed by atoms with Crippen molar-refractivity contribution in [2.24, 2.45) is 17.6 Å². The fourth-order valence-electron chi connectivity index (χ4n) is 4.24. The average molecular weight is 401 g/mol. The highest BCUT2D eigenvalue weighted by Crippen LogP contribution is 2.34. The Bertz CT molecular complexity index is 679. The van der Waals surface area contributed by atoms with E-state index in [2.05, 4.69) is 4.90 Å². The summed E-state index contributed by atoms with van der Waals surface area (Å²) in [7, 11) is 0. The summed E-state index contributed by atoms with van der Waals surface area (Å²) in [6.45, 7) is 3.34. The van der Waals surface area contributed by atoms with E-state index in [1.165, 1.54) is 0 Å². The maximum Gasteiger partial charge on any atom is 0.416 e. The zero-order chi connectivity index (χ0) is 20.3. The number of hydrogen-bond acceptors (Lipinski definition) is 3. The summed E-state index contributed by atoms with van der Waals surface area (Å²) < 4.78 is 52.8. The van der Waals surface area contributed by atoms with Crippen LogP contribution >= 0.6 is 0 Å². The third kappa shape index (κ3) is 5.16. The van der Waals surface area contributed by atoms with E-state index >= 15 is 0 Å². The van der Waals surface area contributed by atoms with Crippen molar-refractivity contribution in [2.45, 2.75) is 38.3 Å². The van der Waals surface area contributed by atoms with Gasteiger partial charge in [0.1, 0.15) is 5.82 Å². The lowest BCUT2D eigenvalue weighted by atomic mass is 9.80. The molecule has 28 heavy (non-hydrogen) atoms. The second-order valence-corrected chi connectivity index (χ2v) is 7.90. The summed E-state index contributed by atoms with van der Waals surface area (Å²) in [6.07, 6.45) is 0.332. The van der Waals surface area contributed by atoms with Crippen LogP contribution in [0, 0.1) is 17.7 Å². The first-order valence-corrected chi connectivity index (χ1v) is 9.87. The van der Waals surface area contributed by atoms with Gasteiger partial charge >= 0.3 is 6.18 Å². The van der Waals surface area contributed by atoms with Crippen molar-refractivity contribution >= 4 is 11.6 Å². The van der Waals surface area contributed by atoms with Crippen molar-refractivity contribution in [3.05, 3.63) is 29.6 Å². The predicted octanol–water partition coefficient (Wildman–Crippen LogP) is 3.65. The van der Waals surface area contributed by atoms with Crippen molar-refractivity contribution in [1.82, 2.24) is 4.90 Å². The Labute approximate surface area is 162 Å². The number of piperazine rings is 1. The number of carbonyl (C=O) groups excluding carboxylic acids is 1. The summed E-state index contributed by atoms with van der Waals surface area (Å²) >= 11 is 0. The Balaban J connectivity index is 1.47. The molecule has 1 amide bonds. The Hall–Kier alpha value is -1.83. The third-order valence-corrected chi connectivity index (χ3v) is 6.09. The van der Waals surface area contributed by atoms with Crippen LogP contribution in [0.3, 0.4) is 0 Å². The third-order valence-electron chi connectivity index (χ3n) is 6.09. The molecule has 1 aromatic rings. The van der Waals surface area contributed by atoms with Gasteiger partial charge in [0, 0.05) is 32.1 Å². The lowest BCUT2D eigenvalue weighted by molar-refractivity contribution is -0.137. The Morgan fingerprint density at radius 2 is 1.71 bits per heavy atom. The van der Waals surface area contributed by atoms with Crippen molar-refractivity contribution < 1.29 is 22.4 Å². The summed E-state index contributed by atoms with van der Waals surface area (Å²) in [5.74, 6) is -0.208. The minimum atomic E-state index is -4.47. The van der Waals surface area contributed by atoms with Crippen LogP contribution in [-0.2, 0) is 11.0 Å². The number of hydrogen-bond donors (Lipinski definition) is 1. The van der Waals surface area contributed by atoms with Gasteiger partial charge in [-0.3, -0.25) is 9.69 Å². The number of carbonyl (C=O) groups is 1. The lowest BCUT2D eigenvalue weighted by Gasteiger charge is -2.37. The fraction of sp³-hybridized carbons (Fsp3) is 0.650. The maximum atomic E-state index is 14.1. The number of primary amides is 1. The second-order valence-electron chi connectivity index (χ2n) is 7.90. The van der Waals surface area contributed by atoms with Crippen molar-refractivity contribution in [3.63, 3.8) is 0 Å². The molecule has 0 radical (unpaired) electrons. The molecule has 1 aliphatic carbocycles. The average Bonchev–Trinajstić information content (AvgIpc) is 2.66. The van der Waals surface area contributed by atoms with Gasteiger partial charge in [0.15, 0.2) is 0 Å². The van der Waals surface area contributed by atoms with Crippen LogP contribution in [0.15, 0.2) is 18.2 Å². The van der Waals surface area contributed by atoms with Gasteiger partial charge in [-0.1, -0.05) is 0 Å². The Morgan fingerprint density at radius 1 is 1.07 bits per heavy atom. The lowest BCUT2D eigenvalue weighted by Crippen LogP contribution is -2.47. The highest BCUT2D eigenvalue weighted by atomic mass is 19.4. The smallest absolute Gasteiger partial charge is 0.369 e. The molecule has 1 saturated heterocycles. The van der Waals surface area contributed by atoms with Gasteiger partial charge in [-0.15, -0.1) is 0 Å². The number of halogens is 4. The van der Waals surface area contributed by atoms with Gasteiger partial charge in [0.25, 0.3) is 0 Å². The summed E-state index contributed by atoms with van der Waals surface area (Å²) in [6, 6.07) is 2.58. The monoisotopic (exact) mass is 401 g/mol.